The van der Waals surface area contributed by atoms with Gasteiger partial charge in [-0.05, 0) is 70.6 Å². The summed E-state index contributed by atoms with van der Waals surface area (Å²) in [5, 5.41) is 0. The molecule has 57 heavy (non-hydrogen) atoms. The van der Waals surface area contributed by atoms with E-state index >= 15 is 0 Å². The van der Waals surface area contributed by atoms with Crippen molar-refractivity contribution in [2.75, 3.05) is 0 Å². The molecule has 0 fully saturated rings. The summed E-state index contributed by atoms with van der Waals surface area (Å²) in [6.45, 7) is 40.2. The molecule has 0 saturated carbocycles. The Labute approximate surface area is 367 Å². The van der Waals surface area contributed by atoms with Crippen molar-refractivity contribution in [3.63, 3.8) is 0 Å². The number of benzene rings is 3. The standard InChI is InChI=1S/C42H63O3P.C8H12.2CH3.Rh/c1-37(2,3)28-19-22-34(31(25-28)40(10,11)12)43-46(44-35-23-20-29(38(4,5)6)26-32(35)41(13,14)15)45-36-24-21-30(39(7,8)9)27-33(36)42(16,17)18;1-2-4-6-8-7-5-3-1;;;/h19-23,25-27,46H,1-18H3;1-2,7-8H,3-6H2;2*1H3;/q;;2*-1;+3/b;2-1-,8-7?;;;. The average Bonchev–Trinajstić information content (AvgIpc) is 2.98. The zero-order chi connectivity index (χ0) is 40.9. The summed E-state index contributed by atoms with van der Waals surface area (Å²) in [4.78, 5) is 0. The fourth-order valence-electron chi connectivity index (χ4n) is 6.08. The Morgan fingerprint density at radius 1 is 0.421 bits per heavy atom. The summed E-state index contributed by atoms with van der Waals surface area (Å²) in [5.74, 6) is 2.27. The molecule has 3 aromatic carbocycles. The Morgan fingerprint density at radius 2 is 0.737 bits per heavy atom. The fourth-order valence-corrected chi connectivity index (χ4v) is 7.26. The Bertz CT molecular complexity index is 1530. The van der Waals surface area contributed by atoms with E-state index in [1.54, 1.807) is 0 Å². The number of hydrogen-bond donors (Lipinski definition) is 0. The van der Waals surface area contributed by atoms with E-state index < -0.39 is 8.60 Å². The van der Waals surface area contributed by atoms with Gasteiger partial charge in [0.05, 0.1) is 5.75 Å². The van der Waals surface area contributed by atoms with E-state index in [-0.39, 0.29) is 66.8 Å². The molecule has 0 aliphatic heterocycles. The molecule has 1 aliphatic rings. The first kappa shape index (κ1) is 54.6. The maximum atomic E-state index is 6.92. The third-order valence-electron chi connectivity index (χ3n) is 9.79. The molecule has 0 N–H and O–H groups in total. The molecular weight excluding hydrogens is 806 g/mol. The van der Waals surface area contributed by atoms with Crippen LogP contribution in [0, 0.1) is 20.9 Å². The molecule has 0 saturated heterocycles. The Balaban J connectivity index is 0.00000254. The van der Waals surface area contributed by atoms with Crippen LogP contribution >= 0.6 is 8.60 Å². The third-order valence-corrected chi connectivity index (χ3v) is 10.9. The van der Waals surface area contributed by atoms with E-state index in [2.05, 4.69) is 204 Å². The van der Waals surface area contributed by atoms with Gasteiger partial charge < -0.3 is 14.9 Å². The minimum absolute atomic E-state index is 0. The van der Waals surface area contributed by atoms with Gasteiger partial charge >= 0.3 is 28.1 Å². The van der Waals surface area contributed by atoms with Gasteiger partial charge in [-0.15, -0.1) is 11.6 Å². The summed E-state index contributed by atoms with van der Waals surface area (Å²) < 4.78 is 20.7. The molecule has 320 valence electrons. The van der Waals surface area contributed by atoms with E-state index in [1.165, 1.54) is 42.4 Å². The third kappa shape index (κ3) is 16.6. The monoisotopic (exact) mass is 887 g/mol. The summed E-state index contributed by atoms with van der Waals surface area (Å²) in [6, 6.07) is 21.0. The van der Waals surface area contributed by atoms with Crippen LogP contribution in [0.5, 0.6) is 17.2 Å². The molecule has 0 unspecified atom stereocenters. The van der Waals surface area contributed by atoms with Crippen LogP contribution in [0.4, 0.5) is 0 Å². The van der Waals surface area contributed by atoms with E-state index in [1.807, 2.05) is 0 Å². The van der Waals surface area contributed by atoms with Gasteiger partial charge in [0, 0.05) is 11.1 Å². The van der Waals surface area contributed by atoms with E-state index in [0.717, 1.165) is 28.2 Å². The molecule has 0 spiro atoms. The van der Waals surface area contributed by atoms with Gasteiger partial charge in [-0.2, -0.15) is 17.7 Å². The topological polar surface area (TPSA) is 27.7 Å². The van der Waals surface area contributed by atoms with Gasteiger partial charge in [-0.25, -0.2) is 0 Å². The van der Waals surface area contributed by atoms with Crippen molar-refractivity contribution in [2.24, 2.45) is 0 Å². The van der Waals surface area contributed by atoms with Gasteiger partial charge in [-0.1, -0.05) is 184 Å². The van der Waals surface area contributed by atoms with Gasteiger partial charge in [-0.3, -0.25) is 13.6 Å². The zero-order valence-corrected chi connectivity index (χ0v) is 42.5. The fraction of sp³-hybridized carbons (Fsp3) is 0.538. The second kappa shape index (κ2) is 21.2. The minimum atomic E-state index is -2.42. The Morgan fingerprint density at radius 3 is 1.04 bits per heavy atom. The second-order valence-electron chi connectivity index (χ2n) is 21.2. The van der Waals surface area contributed by atoms with Crippen molar-refractivity contribution in [2.45, 2.75) is 183 Å². The molecule has 3 nitrogen and oxygen atoms in total. The van der Waals surface area contributed by atoms with Crippen molar-refractivity contribution in [3.8, 4) is 17.2 Å². The molecule has 0 atom stereocenters. The minimum Gasteiger partial charge on any atom is -0.358 e. The molecule has 4 rings (SSSR count). The smallest absolute Gasteiger partial charge is 0.358 e. The molecule has 0 bridgehead atoms. The Kier molecular flexibility index (Phi) is 20.3. The zero-order valence-electron chi connectivity index (χ0n) is 39.8. The predicted octanol–water partition coefficient (Wildman–Crippen LogP) is 16.3. The molecule has 1 aliphatic carbocycles. The van der Waals surface area contributed by atoms with Crippen LogP contribution in [-0.4, -0.2) is 0 Å². The van der Waals surface area contributed by atoms with Crippen LogP contribution in [0.1, 0.15) is 184 Å². The Hall–Kier alpha value is -2.41. The van der Waals surface area contributed by atoms with Crippen molar-refractivity contribution >= 4 is 8.60 Å². The van der Waals surface area contributed by atoms with E-state index in [0.29, 0.717) is 5.75 Å². The first-order valence-electron chi connectivity index (χ1n) is 20.2. The molecule has 0 radical (unpaired) electrons. The quantitative estimate of drug-likeness (QED) is 0.107. The largest absolute Gasteiger partial charge is 3.00 e. The van der Waals surface area contributed by atoms with Crippen molar-refractivity contribution in [1.29, 1.82) is 0 Å². The molecule has 0 aromatic heterocycles. The molecule has 0 heterocycles. The normalized spacial score (nSPS) is 14.4. The van der Waals surface area contributed by atoms with Gasteiger partial charge in [0.15, 0.2) is 11.5 Å². The van der Waals surface area contributed by atoms with Gasteiger partial charge in [0.1, 0.15) is 0 Å². The van der Waals surface area contributed by atoms with Gasteiger partial charge in [0.2, 0.25) is 0 Å². The first-order valence-corrected chi connectivity index (χ1v) is 21.4. The maximum Gasteiger partial charge on any atom is 3.00 e. The summed E-state index contributed by atoms with van der Waals surface area (Å²) in [7, 11) is -2.42. The van der Waals surface area contributed by atoms with Crippen molar-refractivity contribution in [3.05, 3.63) is 127 Å². The molecule has 3 aromatic rings. The van der Waals surface area contributed by atoms with Gasteiger partial charge in [0.25, 0.3) is 0 Å². The van der Waals surface area contributed by atoms with Crippen LogP contribution < -0.4 is 13.6 Å². The van der Waals surface area contributed by atoms with Crippen molar-refractivity contribution < 1.29 is 33.0 Å². The number of hydrogen-bond acceptors (Lipinski definition) is 3. The SMILES string of the molecule is C1=CCC/C=C\CC1.CC(C)(C)c1c[c-]c(O[PH+](Oc2ccc(C(C)(C)C)cc2C(C)(C)C)Oc2ccc(C(C)(C)C)cc2C(C)(C)C)c(C(C)(C)C)c1.[CH3-].[CH3-].[Rh+3]. The van der Waals surface area contributed by atoms with E-state index in [4.69, 9.17) is 13.6 Å². The molecular formula is C52H81O3PRh+. The van der Waals surface area contributed by atoms with E-state index in [9.17, 15) is 0 Å². The number of rotatable bonds is 6. The second-order valence-corrected chi connectivity index (χ2v) is 22.3. The van der Waals surface area contributed by atoms with Crippen molar-refractivity contribution in [1.82, 2.24) is 0 Å². The summed E-state index contributed by atoms with van der Waals surface area (Å²) >= 11 is 0. The summed E-state index contributed by atoms with van der Waals surface area (Å²) in [5.41, 5.74) is 6.68. The molecule has 0 amide bonds. The maximum absolute atomic E-state index is 6.92. The van der Waals surface area contributed by atoms with Crippen LogP contribution in [-0.2, 0) is 52.0 Å². The van der Waals surface area contributed by atoms with Crippen LogP contribution in [0.15, 0.2) is 72.8 Å². The van der Waals surface area contributed by atoms with Crippen LogP contribution in [0.2, 0.25) is 0 Å². The average molecular weight is 888 g/mol. The number of allylic oxidation sites excluding steroid dienone is 4. The first-order chi connectivity index (χ1) is 24.6. The molecule has 5 heteroatoms. The summed E-state index contributed by atoms with van der Waals surface area (Å²) in [6.07, 6.45) is 14.0. The van der Waals surface area contributed by atoms with Crippen LogP contribution in [0.3, 0.4) is 0 Å². The van der Waals surface area contributed by atoms with Crippen LogP contribution in [0.25, 0.3) is 0 Å². The predicted molar refractivity (Wildman–Crippen MR) is 250 cm³/mol.